The highest BCUT2D eigenvalue weighted by Crippen LogP contribution is 2.11. The molecule has 0 bridgehead atoms. The first-order chi connectivity index (χ1) is 8.63. The molecule has 0 saturated heterocycles. The van der Waals surface area contributed by atoms with Crippen LogP contribution in [0.3, 0.4) is 0 Å². The van der Waals surface area contributed by atoms with Gasteiger partial charge in [0, 0.05) is 18.1 Å². The third-order valence-electron chi connectivity index (χ3n) is 2.96. The van der Waals surface area contributed by atoms with E-state index in [0.29, 0.717) is 17.4 Å². The normalized spacial score (nSPS) is 12.9. The first kappa shape index (κ1) is 12.9. The zero-order chi connectivity index (χ0) is 13.1. The van der Waals surface area contributed by atoms with Gasteiger partial charge in [-0.05, 0) is 18.1 Å². The monoisotopic (exact) mass is 265 g/mol. The van der Waals surface area contributed by atoms with E-state index in [4.69, 9.17) is 11.6 Å². The van der Waals surface area contributed by atoms with Crippen LogP contribution < -0.4 is 5.32 Å². The van der Waals surface area contributed by atoms with Crippen LogP contribution in [0.2, 0.25) is 0 Å². The molecule has 0 aliphatic rings. The van der Waals surface area contributed by atoms with E-state index in [1.54, 1.807) is 10.7 Å². The van der Waals surface area contributed by atoms with E-state index in [-0.39, 0.29) is 11.9 Å². The summed E-state index contributed by atoms with van der Waals surface area (Å²) in [7, 11) is 0. The summed E-state index contributed by atoms with van der Waals surface area (Å²) in [5.74, 6) is 0.576. The Bertz CT molecular complexity index is 550. The average molecular weight is 266 g/mol. The molecule has 18 heavy (non-hydrogen) atoms. The van der Waals surface area contributed by atoms with Crippen LogP contribution in [0.5, 0.6) is 0 Å². The number of aromatic nitrogens is 2. The van der Waals surface area contributed by atoms with Crippen molar-refractivity contribution in [2.24, 2.45) is 5.92 Å². The molecule has 0 aromatic carbocycles. The van der Waals surface area contributed by atoms with Gasteiger partial charge in [0.2, 0.25) is 0 Å². The number of hydrogen-bond acceptors (Lipinski definition) is 2. The summed E-state index contributed by atoms with van der Waals surface area (Å²) in [4.78, 5) is 12.2. The minimum Gasteiger partial charge on any atom is -0.348 e. The van der Waals surface area contributed by atoms with Crippen LogP contribution in [0.1, 0.15) is 24.2 Å². The van der Waals surface area contributed by atoms with Crippen LogP contribution >= 0.6 is 11.6 Å². The number of rotatable bonds is 4. The van der Waals surface area contributed by atoms with Crippen LogP contribution in [0, 0.1) is 5.92 Å². The maximum atomic E-state index is 12.2. The Hall–Kier alpha value is -1.55. The van der Waals surface area contributed by atoms with Gasteiger partial charge in [-0.25, -0.2) is 4.52 Å². The number of fused-ring (bicyclic) bond motifs is 1. The van der Waals surface area contributed by atoms with Crippen LogP contribution in [-0.4, -0.2) is 27.4 Å². The second kappa shape index (κ2) is 5.40. The zero-order valence-electron chi connectivity index (χ0n) is 10.4. The molecule has 2 aromatic rings. The molecule has 0 saturated carbocycles. The third-order valence-corrected chi connectivity index (χ3v) is 3.29. The topological polar surface area (TPSA) is 46.4 Å². The lowest BCUT2D eigenvalue weighted by molar-refractivity contribution is 0.0933. The van der Waals surface area contributed by atoms with Gasteiger partial charge < -0.3 is 5.32 Å². The highest BCUT2D eigenvalue weighted by atomic mass is 35.5. The second-order valence-corrected chi connectivity index (χ2v) is 4.88. The van der Waals surface area contributed by atoms with E-state index in [0.717, 1.165) is 5.52 Å². The smallest absolute Gasteiger partial charge is 0.255 e. The highest BCUT2D eigenvalue weighted by molar-refractivity contribution is 6.18. The van der Waals surface area contributed by atoms with Crippen molar-refractivity contribution in [3.05, 3.63) is 36.2 Å². The Morgan fingerprint density at radius 1 is 1.50 bits per heavy atom. The van der Waals surface area contributed by atoms with Gasteiger partial charge >= 0.3 is 0 Å². The van der Waals surface area contributed by atoms with Crippen LogP contribution in [0.15, 0.2) is 30.6 Å². The van der Waals surface area contributed by atoms with E-state index in [2.05, 4.69) is 10.4 Å². The summed E-state index contributed by atoms with van der Waals surface area (Å²) in [6.45, 7) is 4.06. The maximum absolute atomic E-state index is 12.2. The molecule has 0 aliphatic carbocycles. The Morgan fingerprint density at radius 2 is 2.28 bits per heavy atom. The van der Waals surface area contributed by atoms with Gasteiger partial charge in [0.05, 0.1) is 17.3 Å². The van der Waals surface area contributed by atoms with Gasteiger partial charge in [0.1, 0.15) is 0 Å². The number of nitrogens with one attached hydrogen (secondary N) is 1. The van der Waals surface area contributed by atoms with E-state index in [1.807, 2.05) is 38.2 Å². The molecule has 1 N–H and O–H groups in total. The number of halogens is 1. The number of carbonyl (C=O) groups is 1. The summed E-state index contributed by atoms with van der Waals surface area (Å²) < 4.78 is 1.68. The van der Waals surface area contributed by atoms with Crippen LogP contribution in [-0.2, 0) is 0 Å². The Kier molecular flexibility index (Phi) is 3.87. The van der Waals surface area contributed by atoms with Crippen molar-refractivity contribution in [3.63, 3.8) is 0 Å². The predicted molar refractivity (Wildman–Crippen MR) is 72.0 cm³/mol. The van der Waals surface area contributed by atoms with Crippen molar-refractivity contribution in [1.82, 2.24) is 14.9 Å². The quantitative estimate of drug-likeness (QED) is 0.863. The molecule has 2 rings (SSSR count). The number of alkyl halides is 1. The van der Waals surface area contributed by atoms with E-state index >= 15 is 0 Å². The van der Waals surface area contributed by atoms with Crippen molar-refractivity contribution in [2.75, 3.05) is 5.88 Å². The lowest BCUT2D eigenvalue weighted by Gasteiger charge is -2.19. The number of amides is 1. The number of nitrogens with zero attached hydrogens (tertiary/aromatic N) is 2. The fourth-order valence-electron chi connectivity index (χ4n) is 1.74. The van der Waals surface area contributed by atoms with Gasteiger partial charge in [0.15, 0.2) is 0 Å². The summed E-state index contributed by atoms with van der Waals surface area (Å²) in [5.41, 5.74) is 1.37. The molecule has 0 aliphatic heterocycles. The van der Waals surface area contributed by atoms with Gasteiger partial charge in [-0.15, -0.1) is 11.6 Å². The third kappa shape index (κ3) is 2.48. The fraction of sp³-hybridized carbons (Fsp3) is 0.385. The summed E-state index contributed by atoms with van der Waals surface area (Å²) in [5, 5.41) is 7.08. The molecular weight excluding hydrogens is 250 g/mol. The Morgan fingerprint density at radius 3 is 2.94 bits per heavy atom. The minimum absolute atomic E-state index is 0.0298. The molecule has 5 heteroatoms. The van der Waals surface area contributed by atoms with Gasteiger partial charge in [-0.2, -0.15) is 5.10 Å². The minimum atomic E-state index is -0.129. The lowest BCUT2D eigenvalue weighted by atomic mass is 10.1. The largest absolute Gasteiger partial charge is 0.348 e. The van der Waals surface area contributed by atoms with Gasteiger partial charge in [0.25, 0.3) is 5.91 Å². The van der Waals surface area contributed by atoms with Gasteiger partial charge in [-0.3, -0.25) is 4.79 Å². The van der Waals surface area contributed by atoms with Crippen molar-refractivity contribution in [2.45, 2.75) is 19.9 Å². The van der Waals surface area contributed by atoms with Crippen molar-refractivity contribution >= 4 is 23.0 Å². The van der Waals surface area contributed by atoms with Crippen molar-refractivity contribution < 1.29 is 4.79 Å². The first-order valence-corrected chi connectivity index (χ1v) is 6.46. The fourth-order valence-corrected chi connectivity index (χ4v) is 2.17. The van der Waals surface area contributed by atoms with Crippen LogP contribution in [0.25, 0.3) is 5.52 Å². The maximum Gasteiger partial charge on any atom is 0.255 e. The molecular formula is C13H16ClN3O. The molecule has 1 atom stereocenters. The molecule has 96 valence electrons. The standard InChI is InChI=1S/C13H16ClN3O/c1-9(2)11(7-14)16-13(18)10-8-15-17-6-4-3-5-12(10)17/h3-6,8-9,11H,7H2,1-2H3,(H,16,18). The Balaban J connectivity index is 2.23. The van der Waals surface area contributed by atoms with Crippen molar-refractivity contribution in [1.29, 1.82) is 0 Å². The molecule has 0 spiro atoms. The van der Waals surface area contributed by atoms with E-state index in [1.165, 1.54) is 0 Å². The SMILES string of the molecule is CC(C)C(CCl)NC(=O)c1cnn2ccccc12. The average Bonchev–Trinajstić information content (AvgIpc) is 2.79. The van der Waals surface area contributed by atoms with Gasteiger partial charge in [-0.1, -0.05) is 19.9 Å². The molecule has 2 heterocycles. The molecule has 4 nitrogen and oxygen atoms in total. The second-order valence-electron chi connectivity index (χ2n) is 4.57. The lowest BCUT2D eigenvalue weighted by Crippen LogP contribution is -2.39. The molecule has 0 radical (unpaired) electrons. The predicted octanol–water partition coefficient (Wildman–Crippen LogP) is 2.33. The molecule has 0 fully saturated rings. The van der Waals surface area contributed by atoms with Crippen LogP contribution in [0.4, 0.5) is 0 Å². The Labute approximate surface area is 111 Å². The van der Waals surface area contributed by atoms with Crippen molar-refractivity contribution in [3.8, 4) is 0 Å². The summed E-state index contributed by atoms with van der Waals surface area (Å²) in [6, 6.07) is 5.59. The summed E-state index contributed by atoms with van der Waals surface area (Å²) >= 11 is 5.85. The molecule has 2 aromatic heterocycles. The van der Waals surface area contributed by atoms with E-state index < -0.39 is 0 Å². The number of pyridine rings is 1. The summed E-state index contributed by atoms with van der Waals surface area (Å²) in [6.07, 6.45) is 3.39. The molecule has 1 amide bonds. The zero-order valence-corrected chi connectivity index (χ0v) is 11.2. The first-order valence-electron chi connectivity index (χ1n) is 5.92. The number of hydrogen-bond donors (Lipinski definition) is 1. The number of carbonyl (C=O) groups excluding carboxylic acids is 1. The molecule has 1 unspecified atom stereocenters. The van der Waals surface area contributed by atoms with E-state index in [9.17, 15) is 4.79 Å². The highest BCUT2D eigenvalue weighted by Gasteiger charge is 2.18.